The molecule has 0 atom stereocenters. The van der Waals surface area contributed by atoms with Gasteiger partial charge in [0.25, 0.3) is 0 Å². The van der Waals surface area contributed by atoms with Gasteiger partial charge in [-0.25, -0.2) is 0 Å². The Morgan fingerprint density at radius 1 is 1.12 bits per heavy atom. The van der Waals surface area contributed by atoms with Crippen LogP contribution in [0.3, 0.4) is 0 Å². The number of nitrogens with zero attached hydrogens (tertiary/aromatic N) is 1. The lowest BCUT2D eigenvalue weighted by Gasteiger charge is -2.01. The van der Waals surface area contributed by atoms with Gasteiger partial charge < -0.3 is 16.8 Å². The van der Waals surface area contributed by atoms with Crippen LogP contribution in [0.15, 0.2) is 16.8 Å². The first-order valence-electron chi connectivity index (χ1n) is 6.06. The van der Waals surface area contributed by atoms with Crippen LogP contribution in [0.4, 0.5) is 0 Å². The molecule has 0 heterocycles. The molecule has 0 aliphatic heterocycles. The minimum Gasteiger partial charge on any atom is -0.370 e. The van der Waals surface area contributed by atoms with Crippen molar-refractivity contribution in [2.24, 2.45) is 16.5 Å². The van der Waals surface area contributed by atoms with Crippen LogP contribution in [0.1, 0.15) is 46.0 Å². The van der Waals surface area contributed by atoms with E-state index >= 15 is 0 Å². The van der Waals surface area contributed by atoms with Crippen LogP contribution in [-0.4, -0.2) is 19.0 Å². The zero-order valence-corrected chi connectivity index (χ0v) is 10.6. The van der Waals surface area contributed by atoms with Gasteiger partial charge in [0.15, 0.2) is 5.96 Å². The zero-order chi connectivity index (χ0) is 12.2. The highest BCUT2D eigenvalue weighted by atomic mass is 15.1. The molecule has 0 aromatic rings. The summed E-state index contributed by atoms with van der Waals surface area (Å²) in [5.41, 5.74) is 12.3. The molecule has 0 saturated carbocycles. The number of aliphatic imine (C=N–C) groups is 1. The largest absolute Gasteiger partial charge is 0.370 e. The first-order chi connectivity index (χ1) is 7.66. The second kappa shape index (κ2) is 10.5. The molecular formula is C12H26N4. The van der Waals surface area contributed by atoms with E-state index in [0.29, 0.717) is 5.96 Å². The molecule has 0 aromatic carbocycles. The van der Waals surface area contributed by atoms with Crippen molar-refractivity contribution in [2.75, 3.05) is 13.1 Å². The van der Waals surface area contributed by atoms with Crippen molar-refractivity contribution in [3.63, 3.8) is 0 Å². The lowest BCUT2D eigenvalue weighted by atomic mass is 10.1. The summed E-state index contributed by atoms with van der Waals surface area (Å²) >= 11 is 0. The van der Waals surface area contributed by atoms with Crippen LogP contribution < -0.4 is 16.8 Å². The van der Waals surface area contributed by atoms with E-state index in [1.54, 1.807) is 0 Å². The number of guanidine groups is 1. The van der Waals surface area contributed by atoms with Crippen LogP contribution in [0.5, 0.6) is 0 Å². The Balaban J connectivity index is 3.41. The molecular weight excluding hydrogens is 200 g/mol. The summed E-state index contributed by atoms with van der Waals surface area (Å²) in [7, 11) is 0. The fraction of sp³-hybridized carbons (Fsp3) is 0.750. The molecule has 0 bridgehead atoms. The van der Waals surface area contributed by atoms with E-state index in [9.17, 15) is 0 Å². The van der Waals surface area contributed by atoms with E-state index in [0.717, 1.165) is 25.9 Å². The number of unbranched alkanes of at least 4 members (excludes halogenated alkanes) is 4. The Hall–Kier alpha value is -1.03. The molecule has 94 valence electrons. The quantitative estimate of drug-likeness (QED) is 0.335. The molecule has 5 N–H and O–H groups in total. The summed E-state index contributed by atoms with van der Waals surface area (Å²) in [6.07, 6.45) is 7.77. The molecule has 16 heavy (non-hydrogen) atoms. The fourth-order valence-electron chi connectivity index (χ4n) is 1.25. The van der Waals surface area contributed by atoms with Gasteiger partial charge in [-0.3, -0.25) is 4.99 Å². The maximum Gasteiger partial charge on any atom is 0.192 e. The Morgan fingerprint density at radius 2 is 1.75 bits per heavy atom. The van der Waals surface area contributed by atoms with E-state index in [2.05, 4.69) is 10.3 Å². The molecule has 0 fully saturated rings. The average Bonchev–Trinajstić information content (AvgIpc) is 2.25. The fourth-order valence-corrected chi connectivity index (χ4v) is 1.25. The summed E-state index contributed by atoms with van der Waals surface area (Å²) in [5.74, 6) is 0.503. The van der Waals surface area contributed by atoms with E-state index in [4.69, 9.17) is 11.5 Å². The minimum atomic E-state index is 0.503. The van der Waals surface area contributed by atoms with Crippen molar-refractivity contribution in [1.29, 1.82) is 0 Å². The smallest absolute Gasteiger partial charge is 0.192 e. The molecule has 0 saturated heterocycles. The topological polar surface area (TPSA) is 76.4 Å². The van der Waals surface area contributed by atoms with Gasteiger partial charge in [-0.1, -0.05) is 24.8 Å². The van der Waals surface area contributed by atoms with Crippen molar-refractivity contribution < 1.29 is 0 Å². The van der Waals surface area contributed by atoms with Gasteiger partial charge in [-0.05, 0) is 33.2 Å². The van der Waals surface area contributed by atoms with Gasteiger partial charge >= 0.3 is 0 Å². The SMILES string of the molecule is CC(C)=CNC(N)=NCCCCCCCN. The monoisotopic (exact) mass is 226 g/mol. The predicted molar refractivity (Wildman–Crippen MR) is 71.2 cm³/mol. The van der Waals surface area contributed by atoms with Gasteiger partial charge in [-0.15, -0.1) is 0 Å². The number of nitrogens with one attached hydrogen (secondary N) is 1. The van der Waals surface area contributed by atoms with E-state index in [-0.39, 0.29) is 0 Å². The number of rotatable bonds is 8. The first kappa shape index (κ1) is 15.0. The van der Waals surface area contributed by atoms with E-state index < -0.39 is 0 Å². The van der Waals surface area contributed by atoms with Gasteiger partial charge in [0.05, 0.1) is 0 Å². The maximum absolute atomic E-state index is 5.66. The molecule has 4 nitrogen and oxygen atoms in total. The van der Waals surface area contributed by atoms with Crippen molar-refractivity contribution in [1.82, 2.24) is 5.32 Å². The molecule has 4 heteroatoms. The van der Waals surface area contributed by atoms with Crippen molar-refractivity contribution in [2.45, 2.75) is 46.0 Å². The Morgan fingerprint density at radius 3 is 2.38 bits per heavy atom. The number of hydrogen-bond donors (Lipinski definition) is 3. The highest BCUT2D eigenvalue weighted by Crippen LogP contribution is 2.01. The molecule has 0 amide bonds. The summed E-state index contributed by atoms with van der Waals surface area (Å²) in [6.45, 7) is 5.63. The summed E-state index contributed by atoms with van der Waals surface area (Å²) < 4.78 is 0. The summed E-state index contributed by atoms with van der Waals surface area (Å²) in [6, 6.07) is 0. The zero-order valence-electron chi connectivity index (χ0n) is 10.6. The molecule has 0 unspecified atom stereocenters. The predicted octanol–water partition coefficient (Wildman–Crippen LogP) is 1.72. The number of hydrogen-bond acceptors (Lipinski definition) is 2. The van der Waals surface area contributed by atoms with Gasteiger partial charge in [-0.2, -0.15) is 0 Å². The second-order valence-corrected chi connectivity index (χ2v) is 4.19. The average molecular weight is 226 g/mol. The van der Waals surface area contributed by atoms with E-state index in [1.165, 1.54) is 24.8 Å². The highest BCUT2D eigenvalue weighted by molar-refractivity contribution is 5.78. The Kier molecular flexibility index (Phi) is 9.81. The molecule has 0 radical (unpaired) electrons. The molecule has 0 rings (SSSR count). The molecule has 0 aromatic heterocycles. The highest BCUT2D eigenvalue weighted by Gasteiger charge is 1.90. The van der Waals surface area contributed by atoms with Crippen LogP contribution in [0.2, 0.25) is 0 Å². The van der Waals surface area contributed by atoms with Crippen LogP contribution in [-0.2, 0) is 0 Å². The second-order valence-electron chi connectivity index (χ2n) is 4.19. The van der Waals surface area contributed by atoms with Gasteiger partial charge in [0.1, 0.15) is 0 Å². The van der Waals surface area contributed by atoms with E-state index in [1.807, 2.05) is 20.0 Å². The van der Waals surface area contributed by atoms with Crippen LogP contribution >= 0.6 is 0 Å². The van der Waals surface area contributed by atoms with Gasteiger partial charge in [0, 0.05) is 12.7 Å². The molecule has 0 spiro atoms. The van der Waals surface area contributed by atoms with Gasteiger partial charge in [0.2, 0.25) is 0 Å². The van der Waals surface area contributed by atoms with Crippen molar-refractivity contribution >= 4 is 5.96 Å². The maximum atomic E-state index is 5.66. The third-order valence-electron chi connectivity index (χ3n) is 2.15. The lowest BCUT2D eigenvalue weighted by Crippen LogP contribution is -2.27. The van der Waals surface area contributed by atoms with Crippen molar-refractivity contribution in [3.05, 3.63) is 11.8 Å². The molecule has 0 aliphatic carbocycles. The molecule has 0 aliphatic rings. The number of allylic oxidation sites excluding steroid dienone is 1. The van der Waals surface area contributed by atoms with Crippen LogP contribution in [0.25, 0.3) is 0 Å². The van der Waals surface area contributed by atoms with Crippen LogP contribution in [0, 0.1) is 0 Å². The lowest BCUT2D eigenvalue weighted by molar-refractivity contribution is 0.623. The Labute approximate surface area is 99.2 Å². The number of nitrogens with two attached hydrogens (primary N) is 2. The first-order valence-corrected chi connectivity index (χ1v) is 6.06. The summed E-state index contributed by atoms with van der Waals surface area (Å²) in [5, 5.41) is 2.94. The Bertz CT molecular complexity index is 217. The normalized spacial score (nSPS) is 11.3. The van der Waals surface area contributed by atoms with Crippen molar-refractivity contribution in [3.8, 4) is 0 Å². The third kappa shape index (κ3) is 11.0. The minimum absolute atomic E-state index is 0.503. The third-order valence-corrected chi connectivity index (χ3v) is 2.15. The summed E-state index contributed by atoms with van der Waals surface area (Å²) in [4.78, 5) is 4.23. The standard InChI is InChI=1S/C12H26N4/c1-11(2)10-16-12(14)15-9-7-5-3-4-6-8-13/h10H,3-9,13H2,1-2H3,(H3,14,15,16).